The SMILES string of the molecule is COC(=O)/C=C(\C)CC[C@H]1O[C@]1(C)CC/C=C(/C)C(F)(F)F. The smallest absolute Gasteiger partial charge is 0.412 e. The highest BCUT2D eigenvalue weighted by molar-refractivity contribution is 5.82. The lowest BCUT2D eigenvalue weighted by molar-refractivity contribution is -0.134. The molecule has 0 aromatic heterocycles. The predicted molar refractivity (Wildman–Crippen MR) is 77.3 cm³/mol. The van der Waals surface area contributed by atoms with Gasteiger partial charge in [-0.2, -0.15) is 13.2 Å². The molecule has 0 saturated carbocycles. The number of methoxy groups -OCH3 is 1. The number of halogens is 3. The van der Waals surface area contributed by atoms with E-state index in [4.69, 9.17) is 4.74 Å². The lowest BCUT2D eigenvalue weighted by atomic mass is 9.96. The Balaban J connectivity index is 2.35. The summed E-state index contributed by atoms with van der Waals surface area (Å²) < 4.78 is 47.2. The molecule has 0 amide bonds. The lowest BCUT2D eigenvalue weighted by Gasteiger charge is -2.08. The number of hydrogen-bond donors (Lipinski definition) is 0. The van der Waals surface area contributed by atoms with Crippen LogP contribution in [0.2, 0.25) is 0 Å². The summed E-state index contributed by atoms with van der Waals surface area (Å²) in [6.07, 6.45) is 0.792. The molecule has 0 aliphatic carbocycles. The van der Waals surface area contributed by atoms with Gasteiger partial charge in [0.05, 0.1) is 18.8 Å². The van der Waals surface area contributed by atoms with Gasteiger partial charge in [-0.05, 0) is 46.5 Å². The molecule has 0 radical (unpaired) electrons. The van der Waals surface area contributed by atoms with Gasteiger partial charge in [0, 0.05) is 11.6 Å². The third-order valence-electron chi connectivity index (χ3n) is 3.94. The summed E-state index contributed by atoms with van der Waals surface area (Å²) in [5.41, 5.74) is -0.0174. The molecule has 0 aromatic rings. The number of alkyl halides is 3. The van der Waals surface area contributed by atoms with Crippen molar-refractivity contribution in [2.45, 2.75) is 64.3 Å². The summed E-state index contributed by atoms with van der Waals surface area (Å²) >= 11 is 0. The average molecular weight is 320 g/mol. The molecule has 22 heavy (non-hydrogen) atoms. The molecule has 6 heteroatoms. The van der Waals surface area contributed by atoms with Crippen LogP contribution in [0.1, 0.15) is 46.5 Å². The highest BCUT2D eigenvalue weighted by Gasteiger charge is 2.50. The average Bonchev–Trinajstić information content (AvgIpc) is 3.06. The Kier molecular flexibility index (Phi) is 6.23. The third-order valence-corrected chi connectivity index (χ3v) is 3.94. The van der Waals surface area contributed by atoms with E-state index >= 15 is 0 Å². The molecular weight excluding hydrogens is 297 g/mol. The van der Waals surface area contributed by atoms with Crippen LogP contribution < -0.4 is 0 Å². The molecule has 0 unspecified atom stereocenters. The summed E-state index contributed by atoms with van der Waals surface area (Å²) in [5, 5.41) is 0. The summed E-state index contributed by atoms with van der Waals surface area (Å²) in [6.45, 7) is 4.83. The van der Waals surface area contributed by atoms with Crippen LogP contribution in [0, 0.1) is 0 Å². The van der Waals surface area contributed by atoms with E-state index in [0.717, 1.165) is 18.9 Å². The third kappa shape index (κ3) is 5.83. The maximum atomic E-state index is 12.4. The molecule has 1 rings (SSSR count). The van der Waals surface area contributed by atoms with Crippen LogP contribution in [0.15, 0.2) is 23.3 Å². The van der Waals surface area contributed by atoms with Crippen LogP contribution in [0.4, 0.5) is 13.2 Å². The monoisotopic (exact) mass is 320 g/mol. The van der Waals surface area contributed by atoms with Crippen LogP contribution in [0.5, 0.6) is 0 Å². The second-order valence-corrected chi connectivity index (χ2v) is 5.90. The van der Waals surface area contributed by atoms with Gasteiger partial charge >= 0.3 is 12.1 Å². The van der Waals surface area contributed by atoms with Gasteiger partial charge < -0.3 is 9.47 Å². The van der Waals surface area contributed by atoms with Crippen molar-refractivity contribution in [1.29, 1.82) is 0 Å². The van der Waals surface area contributed by atoms with Crippen molar-refractivity contribution < 1.29 is 27.4 Å². The number of carbonyl (C=O) groups is 1. The minimum Gasteiger partial charge on any atom is -0.466 e. The van der Waals surface area contributed by atoms with Crippen LogP contribution >= 0.6 is 0 Å². The van der Waals surface area contributed by atoms with Gasteiger partial charge in [0.25, 0.3) is 0 Å². The second-order valence-electron chi connectivity index (χ2n) is 5.90. The van der Waals surface area contributed by atoms with E-state index in [9.17, 15) is 18.0 Å². The van der Waals surface area contributed by atoms with Crippen molar-refractivity contribution in [3.63, 3.8) is 0 Å². The molecule has 1 saturated heterocycles. The Hall–Kier alpha value is -1.30. The number of epoxide rings is 1. The Morgan fingerprint density at radius 1 is 1.36 bits per heavy atom. The molecule has 0 N–H and O–H groups in total. The van der Waals surface area contributed by atoms with Crippen LogP contribution in [0.3, 0.4) is 0 Å². The van der Waals surface area contributed by atoms with Gasteiger partial charge in [-0.1, -0.05) is 11.6 Å². The molecule has 0 spiro atoms. The van der Waals surface area contributed by atoms with Gasteiger partial charge in [0.1, 0.15) is 0 Å². The zero-order chi connectivity index (χ0) is 17.0. The first-order chi connectivity index (χ1) is 10.1. The van der Waals surface area contributed by atoms with Gasteiger partial charge in [0.15, 0.2) is 0 Å². The largest absolute Gasteiger partial charge is 0.466 e. The fourth-order valence-electron chi connectivity index (χ4n) is 2.26. The lowest BCUT2D eigenvalue weighted by Crippen LogP contribution is -2.11. The Morgan fingerprint density at radius 3 is 2.55 bits per heavy atom. The van der Waals surface area contributed by atoms with Gasteiger partial charge in [-0.3, -0.25) is 0 Å². The van der Waals surface area contributed by atoms with E-state index in [1.165, 1.54) is 19.3 Å². The molecule has 1 aliphatic heterocycles. The number of hydrogen-bond acceptors (Lipinski definition) is 3. The zero-order valence-corrected chi connectivity index (χ0v) is 13.4. The molecule has 0 aromatic carbocycles. The van der Waals surface area contributed by atoms with Crippen LogP contribution in [0.25, 0.3) is 0 Å². The van der Waals surface area contributed by atoms with Gasteiger partial charge in [-0.15, -0.1) is 0 Å². The minimum absolute atomic E-state index is 0.0353. The highest BCUT2D eigenvalue weighted by Crippen LogP contribution is 2.43. The predicted octanol–water partition coefficient (Wildman–Crippen LogP) is 4.33. The Morgan fingerprint density at radius 2 is 2.00 bits per heavy atom. The van der Waals surface area contributed by atoms with Gasteiger partial charge in [-0.25, -0.2) is 4.79 Å². The molecular formula is C16H23F3O3. The first-order valence-corrected chi connectivity index (χ1v) is 7.25. The number of esters is 1. The second kappa shape index (κ2) is 7.31. The zero-order valence-electron chi connectivity index (χ0n) is 13.4. The summed E-state index contributed by atoms with van der Waals surface area (Å²) in [7, 11) is 1.32. The first-order valence-electron chi connectivity index (χ1n) is 7.25. The standard InChI is InChI=1S/C16H23F3O3/c1-11(10-14(20)21-4)7-8-13-15(3,22-13)9-5-6-12(2)16(17,18)19/h6,10,13H,5,7-9H2,1-4H3/b11-10+,12-6-/t13-,15-/m1/s1. The van der Waals surface area contributed by atoms with Crippen molar-refractivity contribution in [2.24, 2.45) is 0 Å². The maximum Gasteiger partial charge on any atom is 0.412 e. The van der Waals surface area contributed by atoms with Crippen LogP contribution in [-0.4, -0.2) is 31.0 Å². The van der Waals surface area contributed by atoms with E-state index in [1.54, 1.807) is 0 Å². The van der Waals surface area contributed by atoms with Gasteiger partial charge in [0.2, 0.25) is 0 Å². The normalized spacial score (nSPS) is 26.0. The number of allylic oxidation sites excluding steroid dienone is 3. The van der Waals surface area contributed by atoms with E-state index in [2.05, 4.69) is 4.74 Å². The van der Waals surface area contributed by atoms with Crippen molar-refractivity contribution >= 4 is 5.97 Å². The first kappa shape index (κ1) is 18.7. The van der Waals surface area contributed by atoms with Crippen molar-refractivity contribution in [3.8, 4) is 0 Å². The van der Waals surface area contributed by atoms with Crippen molar-refractivity contribution in [1.82, 2.24) is 0 Å². The molecule has 0 bridgehead atoms. The summed E-state index contributed by atoms with van der Waals surface area (Å²) in [5.74, 6) is -0.384. The molecule has 1 aliphatic rings. The number of ether oxygens (including phenoxy) is 2. The number of carbonyl (C=O) groups excluding carboxylic acids is 1. The highest BCUT2D eigenvalue weighted by atomic mass is 19.4. The van der Waals surface area contributed by atoms with E-state index < -0.39 is 11.7 Å². The van der Waals surface area contributed by atoms with E-state index in [1.807, 2.05) is 13.8 Å². The minimum atomic E-state index is -4.25. The Labute approximate surface area is 129 Å². The number of rotatable bonds is 7. The molecule has 2 atom stereocenters. The fraction of sp³-hybridized carbons (Fsp3) is 0.688. The topological polar surface area (TPSA) is 38.8 Å². The molecule has 1 heterocycles. The maximum absolute atomic E-state index is 12.4. The van der Waals surface area contributed by atoms with E-state index in [0.29, 0.717) is 19.3 Å². The summed E-state index contributed by atoms with van der Waals surface area (Å²) in [6, 6.07) is 0. The fourth-order valence-corrected chi connectivity index (χ4v) is 2.26. The molecule has 3 nitrogen and oxygen atoms in total. The van der Waals surface area contributed by atoms with Crippen LogP contribution in [-0.2, 0) is 14.3 Å². The molecule has 1 fully saturated rings. The van der Waals surface area contributed by atoms with Crippen molar-refractivity contribution in [3.05, 3.63) is 23.3 Å². The summed E-state index contributed by atoms with van der Waals surface area (Å²) in [4.78, 5) is 11.1. The quantitative estimate of drug-likeness (QED) is 0.303. The van der Waals surface area contributed by atoms with E-state index in [-0.39, 0.29) is 17.7 Å². The van der Waals surface area contributed by atoms with Crippen molar-refractivity contribution in [2.75, 3.05) is 7.11 Å². The Bertz CT molecular complexity index is 466. The molecule has 126 valence electrons.